The smallest absolute Gasteiger partial charge is 0.299 e. The van der Waals surface area contributed by atoms with E-state index in [0.717, 1.165) is 24.8 Å². The second kappa shape index (κ2) is 11.7. The van der Waals surface area contributed by atoms with Gasteiger partial charge < -0.3 is 4.74 Å². The van der Waals surface area contributed by atoms with Crippen molar-refractivity contribution in [3.8, 4) is 5.75 Å². The predicted molar refractivity (Wildman–Crippen MR) is 94.9 cm³/mol. The van der Waals surface area contributed by atoms with Gasteiger partial charge in [0.1, 0.15) is 5.75 Å². The van der Waals surface area contributed by atoms with Crippen LogP contribution in [0, 0.1) is 0 Å². The van der Waals surface area contributed by atoms with Gasteiger partial charge in [0.15, 0.2) is 0 Å². The molecule has 0 aliphatic heterocycles. The lowest BCUT2D eigenvalue weighted by atomic mass is 9.98. The van der Waals surface area contributed by atoms with Crippen LogP contribution in [0.25, 0.3) is 0 Å². The van der Waals surface area contributed by atoms with E-state index in [-0.39, 0.29) is 11.3 Å². The van der Waals surface area contributed by atoms with E-state index in [0.29, 0.717) is 6.42 Å². The van der Waals surface area contributed by atoms with Gasteiger partial charge in [-0.05, 0) is 30.5 Å². The highest BCUT2D eigenvalue weighted by Crippen LogP contribution is 2.24. The number of carbonyl (C=O) groups excluding carboxylic acids is 2. The molecule has 3 nitrogen and oxygen atoms in total. The molecular formula is C20H27F3O3. The molecule has 0 N–H and O–H groups in total. The fourth-order valence-electron chi connectivity index (χ4n) is 2.77. The highest BCUT2D eigenvalue weighted by atomic mass is 19.3. The van der Waals surface area contributed by atoms with Gasteiger partial charge in [0.25, 0.3) is 6.43 Å². The molecule has 0 aliphatic rings. The highest BCUT2D eigenvalue weighted by molar-refractivity contribution is 6.15. The van der Waals surface area contributed by atoms with Crippen molar-refractivity contribution < 1.29 is 27.5 Å². The van der Waals surface area contributed by atoms with Crippen LogP contribution in [0.2, 0.25) is 0 Å². The first-order valence-electron chi connectivity index (χ1n) is 9.09. The molecule has 0 spiro atoms. The number of Topliss-reactive ketones (excluding diaryl/α,β-unsaturated/α-hetero) is 2. The molecule has 6 heteroatoms. The van der Waals surface area contributed by atoms with Gasteiger partial charge in [0.05, 0.1) is 12.7 Å². The summed E-state index contributed by atoms with van der Waals surface area (Å²) in [7, 11) is 1.30. The van der Waals surface area contributed by atoms with E-state index in [9.17, 15) is 22.8 Å². The van der Waals surface area contributed by atoms with E-state index in [1.807, 2.05) is 0 Å². The maximum Gasteiger partial charge on any atom is 0.299 e. The summed E-state index contributed by atoms with van der Waals surface area (Å²) in [5.41, 5.74) is 0.619. The number of carbonyl (C=O) groups is 2. The SMILES string of the molecule is CCCCCCCCCc1ccc(OC)c(C(=O)C(F)C(=O)C(F)F)c1. The molecule has 1 atom stereocenters. The van der Waals surface area contributed by atoms with Crippen molar-refractivity contribution in [2.45, 2.75) is 70.9 Å². The lowest BCUT2D eigenvalue weighted by Gasteiger charge is -2.12. The van der Waals surface area contributed by atoms with Crippen molar-refractivity contribution in [3.05, 3.63) is 29.3 Å². The van der Waals surface area contributed by atoms with Crippen LogP contribution in [-0.4, -0.2) is 31.3 Å². The zero-order valence-corrected chi connectivity index (χ0v) is 15.4. The van der Waals surface area contributed by atoms with Crippen LogP contribution in [0.3, 0.4) is 0 Å². The quantitative estimate of drug-likeness (QED) is 0.267. The van der Waals surface area contributed by atoms with Crippen LogP contribution in [0.15, 0.2) is 18.2 Å². The van der Waals surface area contributed by atoms with Crippen molar-refractivity contribution in [2.24, 2.45) is 0 Å². The topological polar surface area (TPSA) is 43.4 Å². The Kier molecular flexibility index (Phi) is 9.99. The molecule has 1 rings (SSSR count). The Morgan fingerprint density at radius 1 is 1.00 bits per heavy atom. The third kappa shape index (κ3) is 6.81. The third-order valence-electron chi connectivity index (χ3n) is 4.29. The largest absolute Gasteiger partial charge is 0.496 e. The molecule has 0 radical (unpaired) electrons. The maximum absolute atomic E-state index is 13.8. The molecule has 0 saturated carbocycles. The molecular weight excluding hydrogens is 345 g/mol. The number of ether oxygens (including phenoxy) is 1. The molecule has 0 bridgehead atoms. The van der Waals surface area contributed by atoms with E-state index in [1.54, 1.807) is 6.07 Å². The number of ketones is 2. The number of benzene rings is 1. The van der Waals surface area contributed by atoms with Crippen LogP contribution in [-0.2, 0) is 11.2 Å². The molecule has 0 fully saturated rings. The van der Waals surface area contributed by atoms with Crippen LogP contribution in [0.4, 0.5) is 13.2 Å². The van der Waals surface area contributed by atoms with Gasteiger partial charge in [-0.1, -0.05) is 51.5 Å². The first kappa shape index (κ1) is 22.2. The molecule has 1 aromatic rings. The number of alkyl halides is 3. The van der Waals surface area contributed by atoms with Crippen LogP contribution in [0.5, 0.6) is 5.75 Å². The van der Waals surface area contributed by atoms with E-state index >= 15 is 0 Å². The number of unbranched alkanes of at least 4 members (excludes halogenated alkanes) is 6. The Morgan fingerprint density at radius 2 is 1.62 bits per heavy atom. The number of methoxy groups -OCH3 is 1. The van der Waals surface area contributed by atoms with Crippen molar-refractivity contribution in [1.29, 1.82) is 0 Å². The number of hydrogen-bond donors (Lipinski definition) is 0. The van der Waals surface area contributed by atoms with Gasteiger partial charge >= 0.3 is 0 Å². The average Bonchev–Trinajstić information content (AvgIpc) is 2.65. The average molecular weight is 372 g/mol. The van der Waals surface area contributed by atoms with Crippen molar-refractivity contribution in [3.63, 3.8) is 0 Å². The zero-order chi connectivity index (χ0) is 19.5. The normalized spacial score (nSPS) is 12.2. The standard InChI is InChI=1S/C20H27F3O3/c1-3-4-5-6-7-8-9-10-14-11-12-16(26-2)15(13-14)18(24)17(21)19(25)20(22)23/h11-13,17,20H,3-10H2,1-2H3. The van der Waals surface area contributed by atoms with Crippen LogP contribution < -0.4 is 4.74 Å². The summed E-state index contributed by atoms with van der Waals surface area (Å²) in [6, 6.07) is 4.70. The summed E-state index contributed by atoms with van der Waals surface area (Å²) >= 11 is 0. The van der Waals surface area contributed by atoms with E-state index in [4.69, 9.17) is 4.74 Å². The molecule has 0 aliphatic carbocycles. The summed E-state index contributed by atoms with van der Waals surface area (Å²) in [5, 5.41) is 0. The zero-order valence-electron chi connectivity index (χ0n) is 15.4. The minimum atomic E-state index is -3.52. The molecule has 0 aromatic heterocycles. The molecule has 26 heavy (non-hydrogen) atoms. The number of halogens is 3. The Labute approximate surface area is 152 Å². The number of rotatable bonds is 13. The first-order valence-corrected chi connectivity index (χ1v) is 9.09. The van der Waals surface area contributed by atoms with E-state index in [1.165, 1.54) is 44.9 Å². The van der Waals surface area contributed by atoms with Gasteiger partial charge in [-0.15, -0.1) is 0 Å². The van der Waals surface area contributed by atoms with E-state index < -0.39 is 24.2 Å². The third-order valence-corrected chi connectivity index (χ3v) is 4.29. The molecule has 0 amide bonds. The van der Waals surface area contributed by atoms with Gasteiger partial charge in [0, 0.05) is 0 Å². The lowest BCUT2D eigenvalue weighted by molar-refractivity contribution is -0.132. The second-order valence-electron chi connectivity index (χ2n) is 6.34. The van der Waals surface area contributed by atoms with Gasteiger partial charge in [0.2, 0.25) is 17.7 Å². The molecule has 0 heterocycles. The summed E-state index contributed by atoms with van der Waals surface area (Å²) < 4.78 is 43.5. The van der Waals surface area contributed by atoms with Crippen molar-refractivity contribution in [2.75, 3.05) is 7.11 Å². The van der Waals surface area contributed by atoms with Crippen LogP contribution >= 0.6 is 0 Å². The summed E-state index contributed by atoms with van der Waals surface area (Å²) in [6.45, 7) is 2.17. The summed E-state index contributed by atoms with van der Waals surface area (Å²) in [5.74, 6) is -3.23. The number of hydrogen-bond acceptors (Lipinski definition) is 3. The van der Waals surface area contributed by atoms with Gasteiger partial charge in [-0.2, -0.15) is 0 Å². The van der Waals surface area contributed by atoms with Crippen molar-refractivity contribution in [1.82, 2.24) is 0 Å². The minimum Gasteiger partial charge on any atom is -0.496 e. The fraction of sp³-hybridized carbons (Fsp3) is 0.600. The Hall–Kier alpha value is -1.85. The highest BCUT2D eigenvalue weighted by Gasteiger charge is 2.34. The van der Waals surface area contributed by atoms with Crippen molar-refractivity contribution >= 4 is 11.6 Å². The fourth-order valence-corrected chi connectivity index (χ4v) is 2.77. The maximum atomic E-state index is 13.8. The predicted octanol–water partition coefficient (Wildman–Crippen LogP) is 5.34. The summed E-state index contributed by atoms with van der Waals surface area (Å²) in [6.07, 6.45) is 2.27. The van der Waals surface area contributed by atoms with Gasteiger partial charge in [-0.3, -0.25) is 9.59 Å². The minimum absolute atomic E-state index is 0.0723. The summed E-state index contributed by atoms with van der Waals surface area (Å²) in [4.78, 5) is 23.2. The molecule has 146 valence electrons. The lowest BCUT2D eigenvalue weighted by Crippen LogP contribution is -2.31. The van der Waals surface area contributed by atoms with Gasteiger partial charge in [-0.25, -0.2) is 13.2 Å². The Bertz CT molecular complexity index is 588. The number of aryl methyl sites for hydroxylation is 1. The second-order valence-corrected chi connectivity index (χ2v) is 6.34. The Morgan fingerprint density at radius 3 is 2.19 bits per heavy atom. The first-order chi connectivity index (χ1) is 12.4. The monoisotopic (exact) mass is 372 g/mol. The molecule has 1 aromatic carbocycles. The van der Waals surface area contributed by atoms with E-state index in [2.05, 4.69) is 6.92 Å². The molecule has 0 saturated heterocycles. The molecule has 1 unspecified atom stereocenters. The Balaban J connectivity index is 2.70. The van der Waals surface area contributed by atoms with Crippen LogP contribution in [0.1, 0.15) is 67.8 Å².